The van der Waals surface area contributed by atoms with Gasteiger partial charge < -0.3 is 14.8 Å². The second kappa shape index (κ2) is 6.04. The first-order chi connectivity index (χ1) is 9.55. The highest BCUT2D eigenvalue weighted by Gasteiger charge is 2.51. The van der Waals surface area contributed by atoms with Crippen molar-refractivity contribution < 1.29 is 9.47 Å². The highest BCUT2D eigenvalue weighted by molar-refractivity contribution is 5.58. The lowest BCUT2D eigenvalue weighted by Gasteiger charge is -2.54. The Kier molecular flexibility index (Phi) is 4.59. The number of rotatable bonds is 6. The number of benzene rings is 1. The number of nitrogens with one attached hydrogen (secondary N) is 1. The fourth-order valence-corrected chi connectivity index (χ4v) is 3.08. The van der Waals surface area contributed by atoms with Crippen LogP contribution in [0.5, 0.6) is 5.75 Å². The van der Waals surface area contributed by atoms with Gasteiger partial charge in [-0.25, -0.2) is 0 Å². The number of hydrogen-bond acceptors (Lipinski definition) is 3. The summed E-state index contributed by atoms with van der Waals surface area (Å²) in [7, 11) is 1.72. The molecule has 2 rings (SSSR count). The Morgan fingerprint density at radius 3 is 2.70 bits per heavy atom. The van der Waals surface area contributed by atoms with Crippen molar-refractivity contribution in [3.63, 3.8) is 0 Å². The fourth-order valence-electron chi connectivity index (χ4n) is 3.08. The van der Waals surface area contributed by atoms with E-state index in [0.717, 1.165) is 30.9 Å². The van der Waals surface area contributed by atoms with Gasteiger partial charge in [-0.1, -0.05) is 19.9 Å². The Labute approximate surface area is 122 Å². The van der Waals surface area contributed by atoms with Crippen LogP contribution in [-0.2, 0) is 4.74 Å². The van der Waals surface area contributed by atoms with Crippen molar-refractivity contribution in [2.24, 2.45) is 5.41 Å². The Bertz CT molecular complexity index is 460. The molecule has 0 bridgehead atoms. The van der Waals surface area contributed by atoms with Crippen molar-refractivity contribution in [1.29, 1.82) is 0 Å². The summed E-state index contributed by atoms with van der Waals surface area (Å²) < 4.78 is 11.3. The first-order valence-electron chi connectivity index (χ1n) is 7.58. The minimum Gasteiger partial charge on any atom is -0.495 e. The van der Waals surface area contributed by atoms with Crippen LogP contribution >= 0.6 is 0 Å². The van der Waals surface area contributed by atoms with Gasteiger partial charge in [-0.05, 0) is 44.4 Å². The maximum atomic E-state index is 5.86. The Balaban J connectivity index is 2.11. The minimum atomic E-state index is 0.200. The quantitative estimate of drug-likeness (QED) is 0.852. The van der Waals surface area contributed by atoms with E-state index < -0.39 is 0 Å². The van der Waals surface area contributed by atoms with Gasteiger partial charge in [-0.3, -0.25) is 0 Å². The van der Waals surface area contributed by atoms with Gasteiger partial charge in [0.2, 0.25) is 0 Å². The van der Waals surface area contributed by atoms with Crippen molar-refractivity contribution in [1.82, 2.24) is 0 Å². The smallest absolute Gasteiger partial charge is 0.142 e. The van der Waals surface area contributed by atoms with Crippen molar-refractivity contribution in [2.75, 3.05) is 19.0 Å². The van der Waals surface area contributed by atoms with E-state index >= 15 is 0 Å². The molecule has 3 atom stereocenters. The molecule has 0 radical (unpaired) electrons. The van der Waals surface area contributed by atoms with E-state index in [0.29, 0.717) is 12.1 Å². The molecule has 0 saturated heterocycles. The molecule has 1 aromatic carbocycles. The molecule has 1 aromatic rings. The summed E-state index contributed by atoms with van der Waals surface area (Å²) in [6.07, 6.45) is 2.55. The normalized spacial score (nSPS) is 28.9. The molecule has 0 heterocycles. The van der Waals surface area contributed by atoms with Crippen LogP contribution in [0.2, 0.25) is 0 Å². The molecule has 1 aliphatic rings. The Hall–Kier alpha value is -1.22. The molecule has 3 heteroatoms. The van der Waals surface area contributed by atoms with Crippen LogP contribution in [0, 0.1) is 12.3 Å². The first kappa shape index (κ1) is 15.2. The van der Waals surface area contributed by atoms with E-state index in [9.17, 15) is 0 Å². The van der Waals surface area contributed by atoms with Crippen LogP contribution in [0.3, 0.4) is 0 Å². The Morgan fingerprint density at radius 1 is 1.35 bits per heavy atom. The molecular weight excluding hydrogens is 250 g/mol. The van der Waals surface area contributed by atoms with E-state index in [2.05, 4.69) is 51.2 Å². The van der Waals surface area contributed by atoms with E-state index in [1.807, 2.05) is 0 Å². The summed E-state index contributed by atoms with van der Waals surface area (Å²) in [5.74, 6) is 0.920. The fraction of sp³-hybridized carbons (Fsp3) is 0.647. The summed E-state index contributed by atoms with van der Waals surface area (Å²) in [6, 6.07) is 6.75. The van der Waals surface area contributed by atoms with Crippen LogP contribution < -0.4 is 10.1 Å². The lowest BCUT2D eigenvalue weighted by molar-refractivity contribution is -0.109. The van der Waals surface area contributed by atoms with E-state index in [1.54, 1.807) is 7.11 Å². The van der Waals surface area contributed by atoms with Crippen molar-refractivity contribution in [3.8, 4) is 5.75 Å². The average molecular weight is 277 g/mol. The maximum Gasteiger partial charge on any atom is 0.142 e. The third kappa shape index (κ3) is 2.64. The zero-order valence-corrected chi connectivity index (χ0v) is 13.3. The first-order valence-corrected chi connectivity index (χ1v) is 7.58. The van der Waals surface area contributed by atoms with Crippen molar-refractivity contribution in [2.45, 2.75) is 52.7 Å². The molecule has 112 valence electrons. The molecule has 20 heavy (non-hydrogen) atoms. The number of anilines is 1. The van der Waals surface area contributed by atoms with Gasteiger partial charge >= 0.3 is 0 Å². The second-order valence-electron chi connectivity index (χ2n) is 5.94. The highest BCUT2D eigenvalue weighted by atomic mass is 16.5. The third-order valence-electron chi connectivity index (χ3n) is 4.80. The summed E-state index contributed by atoms with van der Waals surface area (Å²) in [5, 5.41) is 3.65. The van der Waals surface area contributed by atoms with E-state index in [-0.39, 0.29) is 5.41 Å². The maximum absolute atomic E-state index is 5.86. The van der Waals surface area contributed by atoms with Gasteiger partial charge in [-0.2, -0.15) is 0 Å². The summed E-state index contributed by atoms with van der Waals surface area (Å²) in [6.45, 7) is 9.50. The lowest BCUT2D eigenvalue weighted by atomic mass is 9.61. The molecule has 0 spiro atoms. The standard InChI is InChI=1S/C17H27NO2/c1-6-17(4)15(11-16(17)20-7-2)18-13-9-8-12(3)10-14(13)19-5/h8-10,15-16,18H,6-7,11H2,1-5H3. The zero-order valence-electron chi connectivity index (χ0n) is 13.3. The van der Waals surface area contributed by atoms with Crippen LogP contribution in [0.1, 0.15) is 39.2 Å². The molecule has 0 aliphatic heterocycles. The predicted molar refractivity (Wildman–Crippen MR) is 83.6 cm³/mol. The monoisotopic (exact) mass is 277 g/mol. The molecule has 3 nitrogen and oxygen atoms in total. The molecule has 1 aliphatic carbocycles. The molecule has 1 saturated carbocycles. The van der Waals surface area contributed by atoms with Gasteiger partial charge in [0.1, 0.15) is 5.75 Å². The van der Waals surface area contributed by atoms with Gasteiger partial charge in [0, 0.05) is 18.1 Å². The van der Waals surface area contributed by atoms with Crippen LogP contribution in [0.15, 0.2) is 18.2 Å². The zero-order chi connectivity index (χ0) is 14.8. The average Bonchev–Trinajstić information content (AvgIpc) is 2.46. The van der Waals surface area contributed by atoms with E-state index in [4.69, 9.17) is 9.47 Å². The van der Waals surface area contributed by atoms with Crippen molar-refractivity contribution >= 4 is 5.69 Å². The molecule has 0 aromatic heterocycles. The van der Waals surface area contributed by atoms with Crippen LogP contribution in [0.4, 0.5) is 5.69 Å². The van der Waals surface area contributed by atoms with E-state index in [1.165, 1.54) is 5.56 Å². The van der Waals surface area contributed by atoms with Gasteiger partial charge in [0.05, 0.1) is 18.9 Å². The van der Waals surface area contributed by atoms with Gasteiger partial charge in [0.15, 0.2) is 0 Å². The number of ether oxygens (including phenoxy) is 2. The lowest BCUT2D eigenvalue weighted by Crippen LogP contribution is -2.59. The van der Waals surface area contributed by atoms with Crippen LogP contribution in [-0.4, -0.2) is 25.9 Å². The molecule has 3 unspecified atom stereocenters. The predicted octanol–water partition coefficient (Wildman–Crippen LogP) is 4.01. The molecule has 1 fully saturated rings. The number of aryl methyl sites for hydroxylation is 1. The largest absolute Gasteiger partial charge is 0.495 e. The summed E-state index contributed by atoms with van der Waals surface area (Å²) in [5.41, 5.74) is 2.50. The van der Waals surface area contributed by atoms with Gasteiger partial charge in [0.25, 0.3) is 0 Å². The van der Waals surface area contributed by atoms with Gasteiger partial charge in [-0.15, -0.1) is 0 Å². The van der Waals surface area contributed by atoms with Crippen molar-refractivity contribution in [3.05, 3.63) is 23.8 Å². The molecular formula is C17H27NO2. The van der Waals surface area contributed by atoms with Crippen LogP contribution in [0.25, 0.3) is 0 Å². The second-order valence-corrected chi connectivity index (χ2v) is 5.94. The highest BCUT2D eigenvalue weighted by Crippen LogP contribution is 2.48. The molecule has 0 amide bonds. The topological polar surface area (TPSA) is 30.5 Å². The number of hydrogen-bond donors (Lipinski definition) is 1. The summed E-state index contributed by atoms with van der Waals surface area (Å²) >= 11 is 0. The Morgan fingerprint density at radius 2 is 2.10 bits per heavy atom. The molecule has 1 N–H and O–H groups in total. The minimum absolute atomic E-state index is 0.200. The third-order valence-corrected chi connectivity index (χ3v) is 4.80. The summed E-state index contributed by atoms with van der Waals surface area (Å²) in [4.78, 5) is 0. The SMILES string of the molecule is CCOC1CC(Nc2ccc(C)cc2OC)C1(C)CC. The number of methoxy groups -OCH3 is 1.